The van der Waals surface area contributed by atoms with Gasteiger partial charge in [-0.1, -0.05) is 17.7 Å². The molecule has 4 rings (SSSR count). The van der Waals surface area contributed by atoms with Gasteiger partial charge in [-0.15, -0.1) is 0 Å². The number of hydrogen-bond donors (Lipinski definition) is 2. The molecule has 1 aliphatic heterocycles. The van der Waals surface area contributed by atoms with Crippen molar-refractivity contribution < 1.29 is 4.79 Å². The van der Waals surface area contributed by atoms with E-state index in [0.29, 0.717) is 27.9 Å². The molecule has 0 fully saturated rings. The molecule has 7 nitrogen and oxygen atoms in total. The number of amides is 1. The molecule has 8 heteroatoms. The van der Waals surface area contributed by atoms with E-state index in [9.17, 15) is 4.79 Å². The first-order valence-electron chi connectivity index (χ1n) is 7.97. The van der Waals surface area contributed by atoms with Crippen LogP contribution in [-0.2, 0) is 4.79 Å². The monoisotopic (exact) mass is 366 g/mol. The minimum Gasteiger partial charge on any atom is -0.328 e. The fraction of sp³-hybridized carbons (Fsp3) is 0.111. The van der Waals surface area contributed by atoms with Gasteiger partial charge in [-0.05, 0) is 42.8 Å². The van der Waals surface area contributed by atoms with Gasteiger partial charge in [0.15, 0.2) is 0 Å². The number of allylic oxidation sites excluding steroid dienone is 1. The molecular formula is C18H15ClN6O. The second-order valence-electron chi connectivity index (χ2n) is 5.84. The molecule has 1 atom stereocenters. The van der Waals surface area contributed by atoms with Crippen LogP contribution < -0.4 is 10.6 Å². The minimum absolute atomic E-state index is 0.229. The van der Waals surface area contributed by atoms with Crippen LogP contribution in [0.4, 0.5) is 11.6 Å². The molecule has 3 aromatic rings. The molecule has 0 unspecified atom stereocenters. The largest absolute Gasteiger partial charge is 0.328 e. The predicted octanol–water partition coefficient (Wildman–Crippen LogP) is 3.25. The lowest BCUT2D eigenvalue weighted by molar-refractivity contribution is -0.113. The maximum absolute atomic E-state index is 13.1. The number of anilines is 2. The summed E-state index contributed by atoms with van der Waals surface area (Å²) in [4.78, 5) is 21.4. The van der Waals surface area contributed by atoms with Crippen LogP contribution in [0.3, 0.4) is 0 Å². The summed E-state index contributed by atoms with van der Waals surface area (Å²) in [5.41, 5.74) is 2.77. The van der Waals surface area contributed by atoms with Crippen LogP contribution in [0.5, 0.6) is 0 Å². The Balaban J connectivity index is 1.74. The number of nitrogens with one attached hydrogen (secondary N) is 2. The number of pyridine rings is 1. The third-order valence-corrected chi connectivity index (χ3v) is 4.39. The molecule has 2 aromatic heterocycles. The molecule has 0 aliphatic carbocycles. The maximum atomic E-state index is 13.1. The smallest absolute Gasteiger partial charge is 0.255 e. The first-order chi connectivity index (χ1) is 12.6. The topological polar surface area (TPSA) is 84.7 Å². The minimum atomic E-state index is -0.422. The third kappa shape index (κ3) is 2.93. The van der Waals surface area contributed by atoms with Crippen molar-refractivity contribution in [3.8, 4) is 0 Å². The SMILES string of the molecule is CC1=C(C(=O)Nc2ccc(Cl)cc2)[C@@H](c2cccnc2)n2ncnc2N1. The van der Waals surface area contributed by atoms with E-state index < -0.39 is 6.04 Å². The second kappa shape index (κ2) is 6.61. The second-order valence-corrected chi connectivity index (χ2v) is 6.28. The Morgan fingerprint density at radius 3 is 2.81 bits per heavy atom. The predicted molar refractivity (Wildman–Crippen MR) is 98.8 cm³/mol. The number of fused-ring (bicyclic) bond motifs is 1. The Kier molecular flexibility index (Phi) is 4.14. The number of aromatic nitrogens is 4. The Labute approximate surface area is 154 Å². The molecule has 130 valence electrons. The highest BCUT2D eigenvalue weighted by atomic mass is 35.5. The summed E-state index contributed by atoms with van der Waals surface area (Å²) in [5, 5.41) is 10.9. The van der Waals surface area contributed by atoms with Crippen molar-refractivity contribution in [2.45, 2.75) is 13.0 Å². The van der Waals surface area contributed by atoms with Crippen LogP contribution in [0.25, 0.3) is 0 Å². The highest BCUT2D eigenvalue weighted by Crippen LogP contribution is 2.34. The number of carbonyl (C=O) groups is 1. The van der Waals surface area contributed by atoms with Crippen molar-refractivity contribution in [3.63, 3.8) is 0 Å². The molecule has 0 saturated heterocycles. The number of halogens is 1. The molecule has 3 heterocycles. The molecule has 0 bridgehead atoms. The maximum Gasteiger partial charge on any atom is 0.255 e. The van der Waals surface area contributed by atoms with Crippen LogP contribution in [0.1, 0.15) is 18.5 Å². The van der Waals surface area contributed by atoms with Gasteiger partial charge in [-0.25, -0.2) is 4.68 Å². The van der Waals surface area contributed by atoms with Crippen LogP contribution in [-0.4, -0.2) is 25.7 Å². The third-order valence-electron chi connectivity index (χ3n) is 4.14. The summed E-state index contributed by atoms with van der Waals surface area (Å²) in [6.07, 6.45) is 4.88. The molecule has 1 aromatic carbocycles. The Bertz CT molecular complexity index is 980. The lowest BCUT2D eigenvalue weighted by Gasteiger charge is -2.28. The number of benzene rings is 1. The van der Waals surface area contributed by atoms with Crippen molar-refractivity contribution in [1.82, 2.24) is 19.7 Å². The number of hydrogen-bond acceptors (Lipinski definition) is 5. The van der Waals surface area contributed by atoms with Crippen molar-refractivity contribution >= 4 is 29.1 Å². The number of rotatable bonds is 3. The fourth-order valence-corrected chi connectivity index (χ4v) is 3.09. The molecule has 0 saturated carbocycles. The van der Waals surface area contributed by atoms with Crippen molar-refractivity contribution in [2.24, 2.45) is 0 Å². The van der Waals surface area contributed by atoms with Crippen molar-refractivity contribution in [3.05, 3.63) is 77.0 Å². The Morgan fingerprint density at radius 1 is 1.27 bits per heavy atom. The quantitative estimate of drug-likeness (QED) is 0.743. The van der Waals surface area contributed by atoms with E-state index in [1.54, 1.807) is 41.3 Å². The standard InChI is InChI=1S/C18H15ClN6O/c1-11-15(17(26)24-14-6-4-13(19)5-7-14)16(12-3-2-8-20-9-12)25-18(23-11)21-10-22-25/h2-10,16H,1H3,(H,24,26)(H,21,22,23)/t16-/m1/s1. The van der Waals surface area contributed by atoms with Crippen LogP contribution in [0, 0.1) is 0 Å². The molecule has 1 aliphatic rings. The van der Waals surface area contributed by atoms with E-state index in [-0.39, 0.29) is 5.91 Å². The first kappa shape index (κ1) is 16.3. The first-order valence-corrected chi connectivity index (χ1v) is 8.35. The Morgan fingerprint density at radius 2 is 2.08 bits per heavy atom. The molecule has 2 N–H and O–H groups in total. The van der Waals surface area contributed by atoms with E-state index in [0.717, 1.165) is 5.56 Å². The normalized spacial score (nSPS) is 16.0. The van der Waals surface area contributed by atoms with Gasteiger partial charge in [0.1, 0.15) is 12.4 Å². The summed E-state index contributed by atoms with van der Waals surface area (Å²) in [6, 6.07) is 10.3. The molecule has 1 amide bonds. The van der Waals surface area contributed by atoms with Crippen LogP contribution in [0.15, 0.2) is 66.4 Å². The summed E-state index contributed by atoms with van der Waals surface area (Å²) in [6.45, 7) is 1.85. The Hall–Kier alpha value is -3.19. The summed E-state index contributed by atoms with van der Waals surface area (Å²) >= 11 is 5.91. The summed E-state index contributed by atoms with van der Waals surface area (Å²) in [5.74, 6) is 0.353. The zero-order chi connectivity index (χ0) is 18.1. The van der Waals surface area contributed by atoms with Gasteiger partial charge in [0.2, 0.25) is 5.95 Å². The average molecular weight is 367 g/mol. The van der Waals surface area contributed by atoms with Gasteiger partial charge in [-0.3, -0.25) is 9.78 Å². The van der Waals surface area contributed by atoms with E-state index in [1.165, 1.54) is 6.33 Å². The number of nitrogens with zero attached hydrogens (tertiary/aromatic N) is 4. The summed E-state index contributed by atoms with van der Waals surface area (Å²) in [7, 11) is 0. The molecular weight excluding hydrogens is 352 g/mol. The van der Waals surface area contributed by atoms with Gasteiger partial charge < -0.3 is 10.6 Å². The summed E-state index contributed by atoms with van der Waals surface area (Å²) < 4.78 is 1.68. The average Bonchev–Trinajstić information content (AvgIpc) is 3.11. The fourth-order valence-electron chi connectivity index (χ4n) is 2.96. The van der Waals surface area contributed by atoms with Crippen molar-refractivity contribution in [2.75, 3.05) is 10.6 Å². The van der Waals surface area contributed by atoms with Gasteiger partial charge in [0.25, 0.3) is 5.91 Å². The lowest BCUT2D eigenvalue weighted by atomic mass is 9.96. The molecule has 0 spiro atoms. The van der Waals surface area contributed by atoms with Crippen LogP contribution in [0.2, 0.25) is 5.02 Å². The van der Waals surface area contributed by atoms with Gasteiger partial charge in [-0.2, -0.15) is 10.1 Å². The van der Waals surface area contributed by atoms with E-state index in [1.807, 2.05) is 19.1 Å². The van der Waals surface area contributed by atoms with Gasteiger partial charge in [0.05, 0.1) is 5.57 Å². The molecule has 26 heavy (non-hydrogen) atoms. The zero-order valence-electron chi connectivity index (χ0n) is 13.8. The van der Waals surface area contributed by atoms with Crippen molar-refractivity contribution in [1.29, 1.82) is 0 Å². The van der Waals surface area contributed by atoms with Gasteiger partial charge >= 0.3 is 0 Å². The van der Waals surface area contributed by atoms with E-state index in [4.69, 9.17) is 11.6 Å². The van der Waals surface area contributed by atoms with E-state index >= 15 is 0 Å². The zero-order valence-corrected chi connectivity index (χ0v) is 14.6. The number of carbonyl (C=O) groups excluding carboxylic acids is 1. The highest BCUT2D eigenvalue weighted by Gasteiger charge is 2.33. The van der Waals surface area contributed by atoms with E-state index in [2.05, 4.69) is 25.7 Å². The van der Waals surface area contributed by atoms with Crippen LogP contribution >= 0.6 is 11.6 Å². The molecule has 0 radical (unpaired) electrons. The van der Waals surface area contributed by atoms with Gasteiger partial charge in [0, 0.05) is 28.8 Å². The highest BCUT2D eigenvalue weighted by molar-refractivity contribution is 6.30. The lowest BCUT2D eigenvalue weighted by Crippen LogP contribution is -2.31.